The highest BCUT2D eigenvalue weighted by atomic mass is 32.1. The van der Waals surface area contributed by atoms with Gasteiger partial charge in [0.05, 0.1) is 12.1 Å². The number of hydrogen-bond donors (Lipinski definition) is 0. The molecule has 1 heterocycles. The van der Waals surface area contributed by atoms with E-state index in [9.17, 15) is 0 Å². The molecule has 1 rings (SSSR count). The molecule has 0 fully saturated rings. The van der Waals surface area contributed by atoms with Gasteiger partial charge in [-0.3, -0.25) is 0 Å². The summed E-state index contributed by atoms with van der Waals surface area (Å²) in [5.74, 6) is -0.100. The van der Waals surface area contributed by atoms with Gasteiger partial charge >= 0.3 is 0 Å². The molecular weight excluding hydrogens is 196 g/mol. The number of nitrogens with zero attached hydrogens (tertiary/aromatic N) is 4. The van der Waals surface area contributed by atoms with E-state index in [0.717, 1.165) is 11.5 Å². The quantitative estimate of drug-likeness (QED) is 0.704. The molecule has 0 bridgehead atoms. The second kappa shape index (κ2) is 3.73. The molecule has 0 aliphatic carbocycles. The third-order valence-corrected chi connectivity index (χ3v) is 2.40. The van der Waals surface area contributed by atoms with Gasteiger partial charge in [0.1, 0.15) is 10.8 Å². The van der Waals surface area contributed by atoms with Crippen LogP contribution in [0.2, 0.25) is 0 Å². The molecule has 0 saturated carbocycles. The molecule has 0 saturated heterocycles. The smallest absolute Gasteiger partial charge is 0.186 e. The molecule has 0 aromatic carbocycles. The topological polar surface area (TPSA) is 73.4 Å². The molecule has 0 aliphatic heterocycles. The maximum absolute atomic E-state index is 8.66. The third kappa shape index (κ3) is 2.07. The molecule has 4 nitrogen and oxygen atoms in total. The normalized spacial score (nSPS) is 11.0. The zero-order valence-corrected chi connectivity index (χ0v) is 9.09. The molecule has 0 atom stereocenters. The summed E-state index contributed by atoms with van der Waals surface area (Å²) in [4.78, 5) is 4.19. The second-order valence-corrected chi connectivity index (χ2v) is 4.68. The highest BCUT2D eigenvalue weighted by molar-refractivity contribution is 7.05. The largest absolute Gasteiger partial charge is 0.221 e. The van der Waals surface area contributed by atoms with Gasteiger partial charge in [0.2, 0.25) is 0 Å². The lowest BCUT2D eigenvalue weighted by Gasteiger charge is -2.12. The van der Waals surface area contributed by atoms with Crippen LogP contribution in [0.25, 0.3) is 0 Å². The van der Waals surface area contributed by atoms with Crippen molar-refractivity contribution in [1.82, 2.24) is 9.36 Å². The maximum atomic E-state index is 8.66. The summed E-state index contributed by atoms with van der Waals surface area (Å²) in [6.45, 7) is 5.98. The predicted octanol–water partition coefficient (Wildman–Crippen LogP) is 1.97. The standard InChI is InChI=1S/C9H10N4S/c1-9(2,3)8-12-7(14-13-8)6(4-10)5-11/h6H,1-3H3. The minimum atomic E-state index is -0.788. The van der Waals surface area contributed by atoms with Crippen LogP contribution in [0.5, 0.6) is 0 Å². The Balaban J connectivity index is 3.02. The fourth-order valence-corrected chi connectivity index (χ4v) is 1.63. The van der Waals surface area contributed by atoms with Crippen molar-refractivity contribution in [3.05, 3.63) is 10.8 Å². The molecule has 5 heteroatoms. The Labute approximate surface area is 87.0 Å². The molecule has 0 aliphatic rings. The van der Waals surface area contributed by atoms with E-state index in [1.807, 2.05) is 32.9 Å². The molecule has 14 heavy (non-hydrogen) atoms. The molecule has 72 valence electrons. The van der Waals surface area contributed by atoms with E-state index < -0.39 is 5.92 Å². The van der Waals surface area contributed by atoms with Gasteiger partial charge in [-0.05, 0) is 11.5 Å². The van der Waals surface area contributed by atoms with Crippen LogP contribution >= 0.6 is 11.5 Å². The minimum absolute atomic E-state index is 0.135. The van der Waals surface area contributed by atoms with Crippen molar-refractivity contribution in [2.45, 2.75) is 32.1 Å². The maximum Gasteiger partial charge on any atom is 0.186 e. The van der Waals surface area contributed by atoms with E-state index in [2.05, 4.69) is 9.36 Å². The Bertz CT molecular complexity index is 388. The van der Waals surface area contributed by atoms with Crippen molar-refractivity contribution >= 4 is 11.5 Å². The number of aromatic nitrogens is 2. The summed E-state index contributed by atoms with van der Waals surface area (Å²) in [6.07, 6.45) is 0. The van der Waals surface area contributed by atoms with Gasteiger partial charge in [0.25, 0.3) is 0 Å². The van der Waals surface area contributed by atoms with Gasteiger partial charge in [-0.1, -0.05) is 20.8 Å². The SMILES string of the molecule is CC(C)(C)c1nsc(C(C#N)C#N)n1. The van der Waals surface area contributed by atoms with Crippen LogP contribution in [0.4, 0.5) is 0 Å². The first kappa shape index (κ1) is 10.6. The lowest BCUT2D eigenvalue weighted by Crippen LogP contribution is -2.13. The zero-order valence-electron chi connectivity index (χ0n) is 8.27. The van der Waals surface area contributed by atoms with Crippen molar-refractivity contribution in [3.63, 3.8) is 0 Å². The summed E-state index contributed by atoms with van der Waals surface area (Å²) in [6, 6.07) is 3.76. The van der Waals surface area contributed by atoms with Crippen molar-refractivity contribution < 1.29 is 0 Å². The Morgan fingerprint density at radius 3 is 2.21 bits per heavy atom. The molecular formula is C9H10N4S. The van der Waals surface area contributed by atoms with Crippen LogP contribution in [0, 0.1) is 22.7 Å². The first-order valence-electron chi connectivity index (χ1n) is 4.12. The van der Waals surface area contributed by atoms with Gasteiger partial charge in [-0.2, -0.15) is 14.9 Å². The van der Waals surface area contributed by atoms with Crippen LogP contribution in [-0.2, 0) is 5.41 Å². The molecule has 1 aromatic rings. The zero-order chi connectivity index (χ0) is 10.8. The number of hydrogen-bond acceptors (Lipinski definition) is 5. The third-order valence-electron chi connectivity index (χ3n) is 1.62. The Kier molecular flexibility index (Phi) is 2.83. The van der Waals surface area contributed by atoms with Crippen LogP contribution in [0.3, 0.4) is 0 Å². The van der Waals surface area contributed by atoms with Crippen LogP contribution < -0.4 is 0 Å². The lowest BCUT2D eigenvalue weighted by molar-refractivity contribution is 0.553. The lowest BCUT2D eigenvalue weighted by atomic mass is 9.96. The second-order valence-electron chi connectivity index (χ2n) is 3.90. The molecule has 0 unspecified atom stereocenters. The summed E-state index contributed by atoms with van der Waals surface area (Å²) < 4.78 is 4.13. The summed E-state index contributed by atoms with van der Waals surface area (Å²) in [7, 11) is 0. The molecule has 0 radical (unpaired) electrons. The fourth-order valence-electron chi connectivity index (χ4n) is 0.796. The molecule has 1 aromatic heterocycles. The van der Waals surface area contributed by atoms with Crippen LogP contribution in [0.15, 0.2) is 0 Å². The van der Waals surface area contributed by atoms with Crippen LogP contribution in [0.1, 0.15) is 37.5 Å². The molecule has 0 spiro atoms. The summed E-state index contributed by atoms with van der Waals surface area (Å²) in [5, 5.41) is 17.8. The fraction of sp³-hybridized carbons (Fsp3) is 0.556. The van der Waals surface area contributed by atoms with Crippen LogP contribution in [-0.4, -0.2) is 9.36 Å². The molecule has 0 N–H and O–H groups in total. The van der Waals surface area contributed by atoms with Crippen molar-refractivity contribution in [2.24, 2.45) is 0 Å². The molecule has 0 amide bonds. The van der Waals surface area contributed by atoms with Crippen molar-refractivity contribution in [1.29, 1.82) is 10.5 Å². The first-order valence-corrected chi connectivity index (χ1v) is 4.89. The van der Waals surface area contributed by atoms with Crippen molar-refractivity contribution in [3.8, 4) is 12.1 Å². The Hall–Kier alpha value is -1.46. The average Bonchev–Trinajstić information content (AvgIpc) is 2.54. The average molecular weight is 206 g/mol. The number of nitriles is 2. The highest BCUT2D eigenvalue weighted by Crippen LogP contribution is 2.23. The van der Waals surface area contributed by atoms with Gasteiger partial charge < -0.3 is 0 Å². The highest BCUT2D eigenvalue weighted by Gasteiger charge is 2.22. The first-order chi connectivity index (χ1) is 6.49. The monoisotopic (exact) mass is 206 g/mol. The summed E-state index contributed by atoms with van der Waals surface area (Å²) in [5.41, 5.74) is -0.135. The van der Waals surface area contributed by atoms with Gasteiger partial charge in [-0.15, -0.1) is 0 Å². The van der Waals surface area contributed by atoms with Gasteiger partial charge in [0.15, 0.2) is 5.92 Å². The van der Waals surface area contributed by atoms with E-state index in [1.165, 1.54) is 0 Å². The summed E-state index contributed by atoms with van der Waals surface area (Å²) >= 11 is 1.13. The predicted molar refractivity (Wildman–Crippen MR) is 52.6 cm³/mol. The van der Waals surface area contributed by atoms with E-state index in [1.54, 1.807) is 0 Å². The minimum Gasteiger partial charge on any atom is -0.221 e. The van der Waals surface area contributed by atoms with E-state index in [0.29, 0.717) is 10.8 Å². The van der Waals surface area contributed by atoms with E-state index in [4.69, 9.17) is 10.5 Å². The van der Waals surface area contributed by atoms with E-state index >= 15 is 0 Å². The number of rotatable bonds is 1. The Morgan fingerprint density at radius 2 is 1.86 bits per heavy atom. The Morgan fingerprint density at radius 1 is 1.29 bits per heavy atom. The van der Waals surface area contributed by atoms with Gasteiger partial charge in [-0.25, -0.2) is 4.98 Å². The van der Waals surface area contributed by atoms with E-state index in [-0.39, 0.29) is 5.41 Å². The van der Waals surface area contributed by atoms with Gasteiger partial charge in [0, 0.05) is 5.41 Å². The van der Waals surface area contributed by atoms with Crippen molar-refractivity contribution in [2.75, 3.05) is 0 Å².